The van der Waals surface area contributed by atoms with E-state index in [0.717, 1.165) is 25.9 Å². The van der Waals surface area contributed by atoms with E-state index in [1.54, 1.807) is 24.3 Å². The molecule has 0 spiro atoms. The van der Waals surface area contributed by atoms with Crippen molar-refractivity contribution in [2.24, 2.45) is 0 Å². The van der Waals surface area contributed by atoms with Crippen molar-refractivity contribution in [1.29, 1.82) is 0 Å². The van der Waals surface area contributed by atoms with Crippen LogP contribution in [-0.4, -0.2) is 51.2 Å². The first-order chi connectivity index (χ1) is 9.53. The Morgan fingerprint density at radius 3 is 2.60 bits per heavy atom. The molecule has 1 fully saturated rings. The Bertz CT molecular complexity index is 537. The Morgan fingerprint density at radius 2 is 1.95 bits per heavy atom. The van der Waals surface area contributed by atoms with Gasteiger partial charge in [0.25, 0.3) is 0 Å². The van der Waals surface area contributed by atoms with Gasteiger partial charge in [-0.3, -0.25) is 0 Å². The highest BCUT2D eigenvalue weighted by molar-refractivity contribution is 7.89. The zero-order valence-corrected chi connectivity index (χ0v) is 12.6. The van der Waals surface area contributed by atoms with Crippen molar-refractivity contribution < 1.29 is 13.5 Å². The molecule has 0 unspecified atom stereocenters. The lowest BCUT2D eigenvalue weighted by atomic mass is 10.1. The number of rotatable bonds is 5. The number of hydrogen-bond acceptors (Lipinski definition) is 4. The molecule has 0 radical (unpaired) electrons. The third kappa shape index (κ3) is 3.79. The second-order valence-electron chi connectivity index (χ2n) is 5.28. The first-order valence-corrected chi connectivity index (χ1v) is 8.41. The van der Waals surface area contributed by atoms with Gasteiger partial charge >= 0.3 is 0 Å². The van der Waals surface area contributed by atoms with Crippen molar-refractivity contribution in [2.45, 2.75) is 30.2 Å². The molecule has 0 saturated carbocycles. The van der Waals surface area contributed by atoms with Crippen molar-refractivity contribution in [3.05, 3.63) is 29.8 Å². The zero-order chi connectivity index (χ0) is 14.6. The summed E-state index contributed by atoms with van der Waals surface area (Å²) in [5.41, 5.74) is 0.662. The fraction of sp³-hybridized carbons (Fsp3) is 0.571. The normalized spacial score (nSPS) is 18.3. The highest BCUT2D eigenvalue weighted by Gasteiger charge is 2.24. The first-order valence-electron chi connectivity index (χ1n) is 6.92. The number of piperidine rings is 1. The minimum Gasteiger partial charge on any atom is -0.396 e. The molecule has 2 rings (SSSR count). The summed E-state index contributed by atoms with van der Waals surface area (Å²) in [4.78, 5) is 2.48. The molecule has 6 heteroatoms. The molecule has 0 aliphatic carbocycles. The van der Waals surface area contributed by atoms with Gasteiger partial charge in [-0.2, -0.15) is 0 Å². The van der Waals surface area contributed by atoms with Crippen LogP contribution in [0.3, 0.4) is 0 Å². The summed E-state index contributed by atoms with van der Waals surface area (Å²) in [6.07, 6.45) is 2.01. The predicted octanol–water partition coefficient (Wildman–Crippen LogP) is 0.594. The maximum Gasteiger partial charge on any atom is 0.241 e. The molecule has 0 aromatic heterocycles. The number of likely N-dealkylation sites (tertiary alicyclic amines) is 1. The van der Waals surface area contributed by atoms with Crippen molar-refractivity contribution in [1.82, 2.24) is 9.62 Å². The van der Waals surface area contributed by atoms with Gasteiger partial charge in [-0.25, -0.2) is 13.1 Å². The predicted molar refractivity (Wildman–Crippen MR) is 78.1 cm³/mol. The van der Waals surface area contributed by atoms with Crippen LogP contribution in [-0.2, 0) is 16.4 Å². The number of aliphatic hydroxyl groups is 1. The largest absolute Gasteiger partial charge is 0.396 e. The van der Waals surface area contributed by atoms with Gasteiger partial charge in [0.1, 0.15) is 0 Å². The number of aliphatic hydroxyl groups excluding tert-OH is 1. The smallest absolute Gasteiger partial charge is 0.241 e. The van der Waals surface area contributed by atoms with E-state index in [1.165, 1.54) is 0 Å². The maximum atomic E-state index is 12.5. The van der Waals surface area contributed by atoms with Crippen molar-refractivity contribution >= 4 is 10.0 Å². The molecule has 1 aliphatic rings. The monoisotopic (exact) mass is 298 g/mol. The van der Waals surface area contributed by atoms with E-state index in [1.807, 2.05) is 7.05 Å². The molecule has 0 atom stereocenters. The molecule has 5 nitrogen and oxygen atoms in total. The molecule has 1 saturated heterocycles. The summed E-state index contributed by atoms with van der Waals surface area (Å²) in [5, 5.41) is 9.04. The molecule has 1 aromatic rings. The maximum absolute atomic E-state index is 12.5. The second kappa shape index (κ2) is 6.67. The Labute approximate surface area is 120 Å². The van der Waals surface area contributed by atoms with Crippen LogP contribution in [0, 0.1) is 0 Å². The van der Waals surface area contributed by atoms with E-state index >= 15 is 0 Å². The molecular formula is C14H22N2O3S. The van der Waals surface area contributed by atoms with Crippen LogP contribution < -0.4 is 4.72 Å². The molecule has 0 bridgehead atoms. The van der Waals surface area contributed by atoms with Gasteiger partial charge < -0.3 is 10.0 Å². The van der Waals surface area contributed by atoms with E-state index in [4.69, 9.17) is 5.11 Å². The van der Waals surface area contributed by atoms with Crippen LogP contribution in [0.15, 0.2) is 29.2 Å². The first kappa shape index (κ1) is 15.4. The summed E-state index contributed by atoms with van der Waals surface area (Å²) >= 11 is 0. The lowest BCUT2D eigenvalue weighted by Crippen LogP contribution is -2.43. The third-order valence-corrected chi connectivity index (χ3v) is 5.30. The standard InChI is InChI=1S/C14H22N2O3S/c1-16-9-6-13(7-10-16)15-20(18,19)14-5-3-2-4-12(14)8-11-17/h2-5,13,15,17H,6-11H2,1H3. The Morgan fingerprint density at radius 1 is 1.30 bits per heavy atom. The lowest BCUT2D eigenvalue weighted by molar-refractivity contribution is 0.248. The van der Waals surface area contributed by atoms with Crippen LogP contribution in [0.2, 0.25) is 0 Å². The summed E-state index contributed by atoms with van der Waals surface area (Å²) in [6, 6.07) is 6.85. The molecule has 20 heavy (non-hydrogen) atoms. The number of nitrogens with one attached hydrogen (secondary N) is 1. The van der Waals surface area contributed by atoms with Gasteiger partial charge in [0, 0.05) is 12.6 Å². The van der Waals surface area contributed by atoms with E-state index in [2.05, 4.69) is 9.62 Å². The van der Waals surface area contributed by atoms with Crippen LogP contribution in [0.25, 0.3) is 0 Å². The van der Waals surface area contributed by atoms with E-state index < -0.39 is 10.0 Å². The summed E-state index contributed by atoms with van der Waals surface area (Å²) in [6.45, 7) is 1.76. The van der Waals surface area contributed by atoms with Gasteiger partial charge in [0.05, 0.1) is 4.90 Å². The van der Waals surface area contributed by atoms with Crippen molar-refractivity contribution in [3.8, 4) is 0 Å². The fourth-order valence-corrected chi connectivity index (χ4v) is 4.08. The third-order valence-electron chi connectivity index (χ3n) is 3.68. The number of benzene rings is 1. The quantitative estimate of drug-likeness (QED) is 0.835. The Balaban J connectivity index is 2.14. The SMILES string of the molecule is CN1CCC(NS(=O)(=O)c2ccccc2CCO)CC1. The molecule has 112 valence electrons. The summed E-state index contributed by atoms with van der Waals surface area (Å²) < 4.78 is 27.7. The average molecular weight is 298 g/mol. The topological polar surface area (TPSA) is 69.6 Å². The molecule has 1 aliphatic heterocycles. The molecule has 0 amide bonds. The average Bonchev–Trinajstić information content (AvgIpc) is 2.42. The van der Waals surface area contributed by atoms with Gasteiger partial charge in [-0.05, 0) is 51.0 Å². The number of hydrogen-bond donors (Lipinski definition) is 2. The van der Waals surface area contributed by atoms with E-state index in [9.17, 15) is 8.42 Å². The molecule has 2 N–H and O–H groups in total. The van der Waals surface area contributed by atoms with E-state index in [-0.39, 0.29) is 17.5 Å². The number of nitrogens with zero attached hydrogens (tertiary/aromatic N) is 1. The van der Waals surface area contributed by atoms with Crippen molar-refractivity contribution in [3.63, 3.8) is 0 Å². The van der Waals surface area contributed by atoms with E-state index in [0.29, 0.717) is 12.0 Å². The Kier molecular flexibility index (Phi) is 5.15. The van der Waals surface area contributed by atoms with Crippen LogP contribution in [0.1, 0.15) is 18.4 Å². The zero-order valence-electron chi connectivity index (χ0n) is 11.7. The second-order valence-corrected chi connectivity index (χ2v) is 6.96. The van der Waals surface area contributed by atoms with Gasteiger partial charge in [-0.15, -0.1) is 0 Å². The van der Waals surface area contributed by atoms with Crippen LogP contribution in [0.5, 0.6) is 0 Å². The summed E-state index contributed by atoms with van der Waals surface area (Å²) in [7, 11) is -1.47. The molecule has 1 heterocycles. The highest BCUT2D eigenvalue weighted by Crippen LogP contribution is 2.18. The molecular weight excluding hydrogens is 276 g/mol. The fourth-order valence-electron chi connectivity index (χ4n) is 2.50. The Hall–Kier alpha value is -0.950. The number of sulfonamides is 1. The molecule has 1 aromatic carbocycles. The lowest BCUT2D eigenvalue weighted by Gasteiger charge is -2.29. The summed E-state index contributed by atoms with van der Waals surface area (Å²) in [5.74, 6) is 0. The van der Waals surface area contributed by atoms with Crippen LogP contribution >= 0.6 is 0 Å². The van der Waals surface area contributed by atoms with Crippen LogP contribution in [0.4, 0.5) is 0 Å². The highest BCUT2D eigenvalue weighted by atomic mass is 32.2. The van der Waals surface area contributed by atoms with Gasteiger partial charge in [-0.1, -0.05) is 18.2 Å². The van der Waals surface area contributed by atoms with Crippen molar-refractivity contribution in [2.75, 3.05) is 26.7 Å². The minimum absolute atomic E-state index is 0.00150. The van der Waals surface area contributed by atoms with Gasteiger partial charge in [0.2, 0.25) is 10.0 Å². The minimum atomic E-state index is -3.51. The van der Waals surface area contributed by atoms with Gasteiger partial charge in [0.15, 0.2) is 0 Å².